The molecule has 0 spiro atoms. The molecule has 1 aromatic rings. The predicted molar refractivity (Wildman–Crippen MR) is 42.3 cm³/mol. The molecule has 13 heavy (non-hydrogen) atoms. The van der Waals surface area contributed by atoms with Crippen LogP contribution in [0.5, 0.6) is 11.5 Å². The Labute approximate surface area is 73.7 Å². The van der Waals surface area contributed by atoms with Gasteiger partial charge in [0.05, 0.1) is 0 Å². The molecule has 0 aromatic heterocycles. The Kier molecular flexibility index (Phi) is 1.86. The fourth-order valence-electron chi connectivity index (χ4n) is 1.19. The lowest BCUT2D eigenvalue weighted by atomic mass is 9.79. The minimum absolute atomic E-state index is 0.0643. The molecule has 0 saturated heterocycles. The van der Waals surface area contributed by atoms with E-state index in [0.717, 1.165) is 6.07 Å². The quantitative estimate of drug-likeness (QED) is 0.562. The molecule has 1 heterocycles. The first-order valence-electron chi connectivity index (χ1n) is 3.64. The average Bonchev–Trinajstić information content (AvgIpc) is 2.53. The van der Waals surface area contributed by atoms with E-state index in [0.29, 0.717) is 0 Å². The smallest absolute Gasteiger partial charge is 0.454 e. The maximum absolute atomic E-state index is 13.0. The fraction of sp³-hybridized carbons (Fsp3) is 0.143. The molecule has 0 amide bonds. The van der Waals surface area contributed by atoms with Crippen molar-refractivity contribution < 1.29 is 23.9 Å². The molecular formula is C7H6BFO4. The topological polar surface area (TPSA) is 58.9 Å². The fourth-order valence-corrected chi connectivity index (χ4v) is 1.19. The molecule has 1 aromatic carbocycles. The summed E-state index contributed by atoms with van der Waals surface area (Å²) in [7, 11) is -1.68. The molecule has 2 rings (SSSR count). The van der Waals surface area contributed by atoms with Crippen LogP contribution in [0.1, 0.15) is 0 Å². The SMILES string of the molecule is OB(O)c1ccc(F)c2c1OCO2. The van der Waals surface area contributed by atoms with Gasteiger partial charge in [-0.1, -0.05) is 6.07 Å². The van der Waals surface area contributed by atoms with E-state index in [1.54, 1.807) is 0 Å². The van der Waals surface area contributed by atoms with E-state index in [1.165, 1.54) is 6.07 Å². The summed E-state index contributed by atoms with van der Waals surface area (Å²) in [6, 6.07) is 2.34. The third-order valence-electron chi connectivity index (χ3n) is 1.78. The van der Waals surface area contributed by atoms with Gasteiger partial charge < -0.3 is 19.5 Å². The summed E-state index contributed by atoms with van der Waals surface area (Å²) < 4.78 is 22.7. The van der Waals surface area contributed by atoms with Gasteiger partial charge in [0.2, 0.25) is 12.5 Å². The third-order valence-corrected chi connectivity index (χ3v) is 1.78. The number of benzene rings is 1. The van der Waals surface area contributed by atoms with Crippen molar-refractivity contribution in [1.29, 1.82) is 0 Å². The molecule has 1 aliphatic rings. The summed E-state index contributed by atoms with van der Waals surface area (Å²) >= 11 is 0. The lowest BCUT2D eigenvalue weighted by Gasteiger charge is -2.04. The van der Waals surface area contributed by atoms with Crippen LogP contribution in [0, 0.1) is 5.82 Å². The van der Waals surface area contributed by atoms with E-state index in [4.69, 9.17) is 19.5 Å². The maximum atomic E-state index is 13.0. The molecule has 0 unspecified atom stereocenters. The molecule has 0 radical (unpaired) electrons. The normalized spacial score (nSPS) is 13.2. The minimum atomic E-state index is -1.68. The zero-order valence-corrected chi connectivity index (χ0v) is 6.53. The summed E-state index contributed by atoms with van der Waals surface area (Å²) in [5, 5.41) is 17.8. The summed E-state index contributed by atoms with van der Waals surface area (Å²) in [5.41, 5.74) is 0.105. The van der Waals surface area contributed by atoms with Gasteiger partial charge in [-0.25, -0.2) is 4.39 Å². The van der Waals surface area contributed by atoms with E-state index < -0.39 is 12.9 Å². The molecule has 1 aliphatic heterocycles. The van der Waals surface area contributed by atoms with Crippen LogP contribution in [0.3, 0.4) is 0 Å². The zero-order valence-electron chi connectivity index (χ0n) is 6.53. The Hall–Kier alpha value is -1.27. The van der Waals surface area contributed by atoms with Crippen molar-refractivity contribution in [1.82, 2.24) is 0 Å². The monoisotopic (exact) mass is 184 g/mol. The Balaban J connectivity index is 2.56. The number of rotatable bonds is 1. The van der Waals surface area contributed by atoms with Gasteiger partial charge in [0, 0.05) is 5.46 Å². The minimum Gasteiger partial charge on any atom is -0.454 e. The standard InChI is InChI=1S/C7H6BFO4/c9-5-2-1-4(8(10)11)6-7(5)13-3-12-6/h1-2,10-11H,3H2. The molecule has 0 fully saturated rings. The molecular weight excluding hydrogens is 178 g/mol. The lowest BCUT2D eigenvalue weighted by molar-refractivity contribution is 0.171. The van der Waals surface area contributed by atoms with Gasteiger partial charge in [0.15, 0.2) is 11.6 Å². The predicted octanol–water partition coefficient (Wildman–Crippen LogP) is -0.766. The number of fused-ring (bicyclic) bond motifs is 1. The van der Waals surface area contributed by atoms with Crippen LogP contribution in [0.15, 0.2) is 12.1 Å². The molecule has 0 bridgehead atoms. The molecule has 0 atom stereocenters. The Morgan fingerprint density at radius 1 is 1.23 bits per heavy atom. The van der Waals surface area contributed by atoms with E-state index in [9.17, 15) is 4.39 Å². The molecule has 2 N–H and O–H groups in total. The van der Waals surface area contributed by atoms with Crippen molar-refractivity contribution in [3.8, 4) is 11.5 Å². The van der Waals surface area contributed by atoms with Gasteiger partial charge in [-0.3, -0.25) is 0 Å². The van der Waals surface area contributed by atoms with Gasteiger partial charge >= 0.3 is 7.12 Å². The summed E-state index contributed by atoms with van der Waals surface area (Å²) in [6.45, 7) is -0.101. The number of halogens is 1. The Morgan fingerprint density at radius 2 is 1.92 bits per heavy atom. The van der Waals surface area contributed by atoms with Gasteiger partial charge in [0.25, 0.3) is 0 Å². The number of ether oxygens (including phenoxy) is 2. The summed E-state index contributed by atoms with van der Waals surface area (Å²) in [5.74, 6) is -0.572. The average molecular weight is 184 g/mol. The molecule has 0 saturated carbocycles. The van der Waals surface area contributed by atoms with Gasteiger partial charge in [-0.15, -0.1) is 0 Å². The van der Waals surface area contributed by atoms with Crippen LogP contribution >= 0.6 is 0 Å². The van der Waals surface area contributed by atoms with Crippen molar-refractivity contribution in [2.45, 2.75) is 0 Å². The van der Waals surface area contributed by atoms with Crippen LogP contribution in [0.25, 0.3) is 0 Å². The number of hydrogen-bond acceptors (Lipinski definition) is 4. The maximum Gasteiger partial charge on any atom is 0.492 e. The summed E-state index contributed by atoms with van der Waals surface area (Å²) in [6.07, 6.45) is 0. The highest BCUT2D eigenvalue weighted by atomic mass is 19.1. The second-order valence-electron chi connectivity index (χ2n) is 2.58. The van der Waals surface area contributed by atoms with Crippen molar-refractivity contribution in [2.75, 3.05) is 6.79 Å². The van der Waals surface area contributed by atoms with Gasteiger partial charge in [-0.2, -0.15) is 0 Å². The zero-order chi connectivity index (χ0) is 9.42. The van der Waals surface area contributed by atoms with Crippen LogP contribution < -0.4 is 14.9 Å². The van der Waals surface area contributed by atoms with Gasteiger partial charge in [-0.05, 0) is 6.07 Å². The lowest BCUT2D eigenvalue weighted by Crippen LogP contribution is -2.30. The highest BCUT2D eigenvalue weighted by Crippen LogP contribution is 2.32. The van der Waals surface area contributed by atoms with Gasteiger partial charge in [0.1, 0.15) is 0 Å². The van der Waals surface area contributed by atoms with E-state index in [-0.39, 0.29) is 23.8 Å². The second-order valence-corrected chi connectivity index (χ2v) is 2.58. The van der Waals surface area contributed by atoms with Crippen LogP contribution in [0.4, 0.5) is 4.39 Å². The van der Waals surface area contributed by atoms with Crippen LogP contribution in [-0.2, 0) is 0 Å². The molecule has 68 valence electrons. The number of hydrogen-bond donors (Lipinski definition) is 2. The summed E-state index contributed by atoms with van der Waals surface area (Å²) in [4.78, 5) is 0. The van der Waals surface area contributed by atoms with Crippen molar-refractivity contribution >= 4 is 12.6 Å². The Morgan fingerprint density at radius 3 is 2.62 bits per heavy atom. The van der Waals surface area contributed by atoms with E-state index in [2.05, 4.69) is 0 Å². The first kappa shape index (κ1) is 8.34. The first-order valence-corrected chi connectivity index (χ1v) is 3.64. The largest absolute Gasteiger partial charge is 0.492 e. The van der Waals surface area contributed by atoms with Crippen molar-refractivity contribution in [3.63, 3.8) is 0 Å². The van der Waals surface area contributed by atoms with E-state index in [1.807, 2.05) is 0 Å². The Bertz CT molecular complexity index is 342. The van der Waals surface area contributed by atoms with Crippen molar-refractivity contribution in [3.05, 3.63) is 17.9 Å². The highest BCUT2D eigenvalue weighted by molar-refractivity contribution is 6.59. The molecule has 0 aliphatic carbocycles. The second kappa shape index (κ2) is 2.90. The van der Waals surface area contributed by atoms with Crippen LogP contribution in [-0.4, -0.2) is 24.0 Å². The first-order chi connectivity index (χ1) is 6.20. The third kappa shape index (κ3) is 1.24. The van der Waals surface area contributed by atoms with Crippen molar-refractivity contribution in [2.24, 2.45) is 0 Å². The van der Waals surface area contributed by atoms with Crippen LogP contribution in [0.2, 0.25) is 0 Å². The molecule has 4 nitrogen and oxygen atoms in total. The molecule has 6 heteroatoms. The highest BCUT2D eigenvalue weighted by Gasteiger charge is 2.27. The van der Waals surface area contributed by atoms with E-state index >= 15 is 0 Å².